The summed E-state index contributed by atoms with van der Waals surface area (Å²) in [5, 5.41) is 8.61. The molecular formula is C26H33N5O3. The lowest BCUT2D eigenvalue weighted by atomic mass is 9.81. The van der Waals surface area contributed by atoms with Gasteiger partial charge < -0.3 is 16.0 Å². The summed E-state index contributed by atoms with van der Waals surface area (Å²) in [4.78, 5) is 42.9. The Labute approximate surface area is 200 Å². The van der Waals surface area contributed by atoms with E-state index in [4.69, 9.17) is 0 Å². The van der Waals surface area contributed by atoms with Gasteiger partial charge in [-0.2, -0.15) is 0 Å². The van der Waals surface area contributed by atoms with E-state index >= 15 is 0 Å². The van der Waals surface area contributed by atoms with E-state index in [1.807, 2.05) is 31.2 Å². The molecule has 8 nitrogen and oxygen atoms in total. The zero-order chi connectivity index (χ0) is 24.1. The lowest BCUT2D eigenvalue weighted by molar-refractivity contribution is -0.122. The smallest absolute Gasteiger partial charge is 0.251 e. The Balaban J connectivity index is 1.17. The highest BCUT2D eigenvalue weighted by molar-refractivity contribution is 5.96. The van der Waals surface area contributed by atoms with Crippen LogP contribution in [0.3, 0.4) is 0 Å². The summed E-state index contributed by atoms with van der Waals surface area (Å²) in [7, 11) is 0. The number of amides is 3. The van der Waals surface area contributed by atoms with Crippen molar-refractivity contribution < 1.29 is 14.4 Å². The van der Waals surface area contributed by atoms with Crippen LogP contribution in [0, 0.1) is 6.92 Å². The second kappa shape index (κ2) is 10.8. The molecule has 1 aliphatic carbocycles. The van der Waals surface area contributed by atoms with Crippen LogP contribution in [0.25, 0.3) is 0 Å². The molecular weight excluding hydrogens is 430 g/mol. The Hall–Kier alpha value is -3.26. The minimum absolute atomic E-state index is 0.0188. The third-order valence-corrected chi connectivity index (χ3v) is 6.71. The van der Waals surface area contributed by atoms with Crippen molar-refractivity contribution in [1.29, 1.82) is 0 Å². The van der Waals surface area contributed by atoms with Gasteiger partial charge in [-0.1, -0.05) is 17.7 Å². The number of hydrogen-bond acceptors (Lipinski definition) is 5. The summed E-state index contributed by atoms with van der Waals surface area (Å²) in [5.41, 5.74) is 3.37. The Morgan fingerprint density at radius 2 is 1.82 bits per heavy atom. The molecule has 3 amide bonds. The van der Waals surface area contributed by atoms with Crippen LogP contribution >= 0.6 is 0 Å². The number of aryl methyl sites for hydroxylation is 1. The van der Waals surface area contributed by atoms with Crippen LogP contribution in [0.15, 0.2) is 42.6 Å². The molecule has 0 bridgehead atoms. The fourth-order valence-corrected chi connectivity index (χ4v) is 4.98. The standard InChI is InChI=1S/C26H33N5O3/c1-17-5-3-6-20(13-17)26(34)28-14-24(33)30-21-15-31(16-21)22-10-8-19(9-11-22)25-23(29-18(2)32)7-4-12-27-25/h3-7,12-13,19,21-22H,8-11,14-16H2,1-2H3,(H,28,34)(H,29,32)(H,30,33). The Bertz CT molecular complexity index is 1040. The molecule has 2 heterocycles. The molecule has 2 aromatic rings. The Kier molecular flexibility index (Phi) is 7.57. The lowest BCUT2D eigenvalue weighted by Crippen LogP contribution is -2.63. The maximum atomic E-state index is 12.3. The molecule has 0 radical (unpaired) electrons. The molecule has 180 valence electrons. The lowest BCUT2D eigenvalue weighted by Gasteiger charge is -2.46. The average Bonchev–Trinajstić information content (AvgIpc) is 2.80. The third kappa shape index (κ3) is 5.99. The van der Waals surface area contributed by atoms with Crippen LogP contribution in [0.5, 0.6) is 0 Å². The number of anilines is 1. The van der Waals surface area contributed by atoms with Gasteiger partial charge in [-0.3, -0.25) is 24.3 Å². The highest BCUT2D eigenvalue weighted by atomic mass is 16.2. The van der Waals surface area contributed by atoms with Gasteiger partial charge in [0.2, 0.25) is 11.8 Å². The van der Waals surface area contributed by atoms with Crippen molar-refractivity contribution in [2.45, 2.75) is 57.5 Å². The molecule has 1 saturated carbocycles. The van der Waals surface area contributed by atoms with Crippen molar-refractivity contribution >= 4 is 23.4 Å². The van der Waals surface area contributed by atoms with Gasteiger partial charge in [0.15, 0.2) is 0 Å². The van der Waals surface area contributed by atoms with E-state index in [1.54, 1.807) is 18.3 Å². The number of carbonyl (C=O) groups is 3. The quantitative estimate of drug-likeness (QED) is 0.586. The first-order valence-electron chi connectivity index (χ1n) is 12.0. The summed E-state index contributed by atoms with van der Waals surface area (Å²) in [6.07, 6.45) is 6.01. The SMILES string of the molecule is CC(=O)Nc1cccnc1C1CCC(N2CC(NC(=O)CNC(=O)c3cccc(C)c3)C2)CC1. The number of benzene rings is 1. The Morgan fingerprint density at radius 1 is 1.06 bits per heavy atom. The monoisotopic (exact) mass is 463 g/mol. The number of hydrogen-bond donors (Lipinski definition) is 3. The number of nitrogens with one attached hydrogen (secondary N) is 3. The molecule has 3 N–H and O–H groups in total. The molecule has 2 aliphatic rings. The minimum Gasteiger partial charge on any atom is -0.349 e. The largest absolute Gasteiger partial charge is 0.349 e. The first kappa shape index (κ1) is 23.9. The van der Waals surface area contributed by atoms with Crippen LogP contribution in [0.1, 0.15) is 60.1 Å². The molecule has 0 spiro atoms. The highest BCUT2D eigenvalue weighted by Gasteiger charge is 2.36. The van der Waals surface area contributed by atoms with E-state index in [0.717, 1.165) is 55.7 Å². The highest BCUT2D eigenvalue weighted by Crippen LogP contribution is 2.37. The van der Waals surface area contributed by atoms with Gasteiger partial charge in [0.05, 0.1) is 24.0 Å². The van der Waals surface area contributed by atoms with Gasteiger partial charge in [0.1, 0.15) is 0 Å². The van der Waals surface area contributed by atoms with Gasteiger partial charge >= 0.3 is 0 Å². The maximum Gasteiger partial charge on any atom is 0.251 e. The van der Waals surface area contributed by atoms with Gasteiger partial charge in [-0.15, -0.1) is 0 Å². The molecule has 34 heavy (non-hydrogen) atoms. The number of pyridine rings is 1. The van der Waals surface area contributed by atoms with Crippen LogP contribution in [0.4, 0.5) is 5.69 Å². The molecule has 1 aromatic heterocycles. The fraction of sp³-hybridized carbons (Fsp3) is 0.462. The Morgan fingerprint density at radius 3 is 2.53 bits per heavy atom. The van der Waals surface area contributed by atoms with E-state index in [9.17, 15) is 14.4 Å². The number of likely N-dealkylation sites (tertiary alicyclic amines) is 1. The average molecular weight is 464 g/mol. The van der Waals surface area contributed by atoms with Crippen molar-refractivity contribution in [2.75, 3.05) is 25.0 Å². The van der Waals surface area contributed by atoms with E-state index in [2.05, 4.69) is 25.8 Å². The zero-order valence-electron chi connectivity index (χ0n) is 19.8. The number of nitrogens with zero attached hydrogens (tertiary/aromatic N) is 2. The zero-order valence-corrected chi connectivity index (χ0v) is 19.8. The van der Waals surface area contributed by atoms with Crippen molar-refractivity contribution in [3.8, 4) is 0 Å². The van der Waals surface area contributed by atoms with E-state index < -0.39 is 0 Å². The minimum atomic E-state index is -0.236. The second-order valence-corrected chi connectivity index (χ2v) is 9.39. The summed E-state index contributed by atoms with van der Waals surface area (Å²) in [6.45, 7) is 5.11. The van der Waals surface area contributed by atoms with E-state index in [0.29, 0.717) is 17.5 Å². The number of aromatic nitrogens is 1. The molecule has 8 heteroatoms. The van der Waals surface area contributed by atoms with Gasteiger partial charge in [-0.25, -0.2) is 0 Å². The van der Waals surface area contributed by atoms with E-state index in [1.165, 1.54) is 6.92 Å². The number of rotatable bonds is 7. The first-order valence-corrected chi connectivity index (χ1v) is 12.0. The van der Waals surface area contributed by atoms with Crippen molar-refractivity contribution in [1.82, 2.24) is 20.5 Å². The molecule has 1 aromatic carbocycles. The third-order valence-electron chi connectivity index (χ3n) is 6.71. The van der Waals surface area contributed by atoms with Gasteiger partial charge in [0.25, 0.3) is 5.91 Å². The molecule has 4 rings (SSSR count). The number of carbonyl (C=O) groups excluding carboxylic acids is 3. The second-order valence-electron chi connectivity index (χ2n) is 9.39. The normalized spacial score (nSPS) is 20.8. The van der Waals surface area contributed by atoms with Crippen molar-refractivity contribution in [3.63, 3.8) is 0 Å². The van der Waals surface area contributed by atoms with Crippen LogP contribution in [-0.4, -0.2) is 59.3 Å². The summed E-state index contributed by atoms with van der Waals surface area (Å²) in [6, 6.07) is 11.7. The molecule has 0 unspecified atom stereocenters. The van der Waals surface area contributed by atoms with Crippen molar-refractivity contribution in [3.05, 3.63) is 59.4 Å². The summed E-state index contributed by atoms with van der Waals surface area (Å²) in [5.74, 6) is -0.116. The maximum absolute atomic E-state index is 12.3. The van der Waals surface area contributed by atoms with Crippen molar-refractivity contribution in [2.24, 2.45) is 0 Å². The first-order chi connectivity index (χ1) is 16.4. The predicted octanol–water partition coefficient (Wildman–Crippen LogP) is 2.61. The fourth-order valence-electron chi connectivity index (χ4n) is 4.98. The predicted molar refractivity (Wildman–Crippen MR) is 131 cm³/mol. The summed E-state index contributed by atoms with van der Waals surface area (Å²) >= 11 is 0. The molecule has 2 fully saturated rings. The summed E-state index contributed by atoms with van der Waals surface area (Å²) < 4.78 is 0. The topological polar surface area (TPSA) is 103 Å². The molecule has 0 atom stereocenters. The molecule has 1 aliphatic heterocycles. The van der Waals surface area contributed by atoms with Gasteiger partial charge in [-0.05, 0) is 56.9 Å². The van der Waals surface area contributed by atoms with E-state index in [-0.39, 0.29) is 30.3 Å². The van der Waals surface area contributed by atoms with Crippen LogP contribution in [0.2, 0.25) is 0 Å². The van der Waals surface area contributed by atoms with Crippen LogP contribution < -0.4 is 16.0 Å². The van der Waals surface area contributed by atoms with Gasteiger partial charge in [0, 0.05) is 43.7 Å². The molecule has 1 saturated heterocycles. The van der Waals surface area contributed by atoms with Crippen LogP contribution in [-0.2, 0) is 9.59 Å².